The summed E-state index contributed by atoms with van der Waals surface area (Å²) in [7, 11) is 0. The molecular weight excluding hydrogens is 305 g/mol. The number of alkyl halides is 3. The second-order valence-corrected chi connectivity index (χ2v) is 5.71. The van der Waals surface area contributed by atoms with Crippen LogP contribution >= 0.6 is 0 Å². The van der Waals surface area contributed by atoms with Crippen molar-refractivity contribution in [3.63, 3.8) is 0 Å². The minimum atomic E-state index is -4.76. The summed E-state index contributed by atoms with van der Waals surface area (Å²) in [5, 5.41) is 0. The predicted octanol–water partition coefficient (Wildman–Crippen LogP) is 5.26. The maximum atomic E-state index is 12.3. The number of rotatable bonds is 5. The molecule has 122 valence electrons. The van der Waals surface area contributed by atoms with E-state index in [0.29, 0.717) is 28.9 Å². The molecule has 2 rings (SSSR count). The molecule has 0 radical (unpaired) electrons. The van der Waals surface area contributed by atoms with Gasteiger partial charge in [0.1, 0.15) is 5.75 Å². The second kappa shape index (κ2) is 6.86. The predicted molar refractivity (Wildman–Crippen MR) is 82.5 cm³/mol. The molecule has 0 amide bonds. The number of hydrogen-bond donors (Lipinski definition) is 0. The molecule has 23 heavy (non-hydrogen) atoms. The van der Waals surface area contributed by atoms with Crippen molar-refractivity contribution in [2.75, 3.05) is 0 Å². The van der Waals surface area contributed by atoms with Gasteiger partial charge in [-0.1, -0.05) is 38.1 Å². The molecule has 2 aromatic carbocycles. The fourth-order valence-corrected chi connectivity index (χ4v) is 2.38. The summed E-state index contributed by atoms with van der Waals surface area (Å²) in [4.78, 5) is 11.1. The number of carbonyl (C=O) groups excluding carboxylic acids is 1. The van der Waals surface area contributed by atoms with Crippen LogP contribution in [0.1, 0.15) is 29.8 Å². The van der Waals surface area contributed by atoms with Crippen molar-refractivity contribution in [2.24, 2.45) is 5.92 Å². The average molecular weight is 322 g/mol. The molecule has 0 saturated heterocycles. The topological polar surface area (TPSA) is 26.3 Å². The van der Waals surface area contributed by atoms with E-state index in [0.717, 1.165) is 18.1 Å². The van der Waals surface area contributed by atoms with Gasteiger partial charge >= 0.3 is 6.36 Å². The molecule has 0 aliphatic heterocycles. The lowest BCUT2D eigenvalue weighted by Gasteiger charge is -2.12. The summed E-state index contributed by atoms with van der Waals surface area (Å²) < 4.78 is 40.9. The smallest absolute Gasteiger partial charge is 0.406 e. The Morgan fingerprint density at radius 1 is 1.09 bits per heavy atom. The Morgan fingerprint density at radius 2 is 1.74 bits per heavy atom. The van der Waals surface area contributed by atoms with Crippen LogP contribution in [0.5, 0.6) is 5.75 Å². The Hall–Kier alpha value is -2.30. The molecule has 0 spiro atoms. The van der Waals surface area contributed by atoms with Crippen molar-refractivity contribution in [3.8, 4) is 16.9 Å². The molecule has 0 N–H and O–H groups in total. The number of halogens is 3. The number of ether oxygens (including phenoxy) is 1. The SMILES string of the molecule is CC(C)Cc1ccc(-c2cc(OC(F)(F)F)ccc2C=O)cc1. The summed E-state index contributed by atoms with van der Waals surface area (Å²) >= 11 is 0. The van der Waals surface area contributed by atoms with Gasteiger partial charge in [0.05, 0.1) is 0 Å². The van der Waals surface area contributed by atoms with Crippen LogP contribution in [-0.2, 0) is 6.42 Å². The maximum absolute atomic E-state index is 12.3. The number of hydrogen-bond acceptors (Lipinski definition) is 2. The number of aldehydes is 1. The van der Waals surface area contributed by atoms with Crippen LogP contribution < -0.4 is 4.74 Å². The van der Waals surface area contributed by atoms with Crippen LogP contribution in [0.2, 0.25) is 0 Å². The highest BCUT2D eigenvalue weighted by atomic mass is 19.4. The van der Waals surface area contributed by atoms with Crippen LogP contribution in [-0.4, -0.2) is 12.6 Å². The maximum Gasteiger partial charge on any atom is 0.573 e. The van der Waals surface area contributed by atoms with Crippen LogP contribution in [0.4, 0.5) is 13.2 Å². The molecule has 0 fully saturated rings. The standard InChI is InChI=1S/C18H17F3O2/c1-12(2)9-13-3-5-14(6-4-13)17-10-16(23-18(19,20)21)8-7-15(17)11-22/h3-8,10-12H,9H2,1-2H3. The lowest BCUT2D eigenvalue weighted by Crippen LogP contribution is -2.17. The monoisotopic (exact) mass is 322 g/mol. The Bertz CT molecular complexity index is 674. The molecule has 2 aromatic rings. The van der Waals surface area contributed by atoms with E-state index >= 15 is 0 Å². The van der Waals surface area contributed by atoms with Crippen molar-refractivity contribution in [3.05, 3.63) is 53.6 Å². The van der Waals surface area contributed by atoms with Crippen molar-refractivity contribution in [2.45, 2.75) is 26.6 Å². The van der Waals surface area contributed by atoms with Gasteiger partial charge in [-0.2, -0.15) is 0 Å². The number of carbonyl (C=O) groups is 1. The molecule has 0 aromatic heterocycles. The first-order valence-electron chi connectivity index (χ1n) is 7.23. The van der Waals surface area contributed by atoms with Crippen LogP contribution in [0.3, 0.4) is 0 Å². The highest BCUT2D eigenvalue weighted by Crippen LogP contribution is 2.30. The molecule has 2 nitrogen and oxygen atoms in total. The molecule has 0 saturated carbocycles. The first-order valence-corrected chi connectivity index (χ1v) is 7.23. The highest BCUT2D eigenvalue weighted by Gasteiger charge is 2.31. The van der Waals surface area contributed by atoms with Crippen LogP contribution in [0, 0.1) is 5.92 Å². The average Bonchev–Trinajstić information content (AvgIpc) is 2.46. The fourth-order valence-electron chi connectivity index (χ4n) is 2.38. The van der Waals surface area contributed by atoms with Crippen molar-refractivity contribution in [1.29, 1.82) is 0 Å². The summed E-state index contributed by atoms with van der Waals surface area (Å²) in [5.74, 6) is 0.166. The van der Waals surface area contributed by atoms with Gasteiger partial charge in [0.25, 0.3) is 0 Å². The number of benzene rings is 2. The van der Waals surface area contributed by atoms with E-state index in [9.17, 15) is 18.0 Å². The zero-order valence-electron chi connectivity index (χ0n) is 12.9. The summed E-state index contributed by atoms with van der Waals surface area (Å²) in [6.07, 6.45) is -3.23. The summed E-state index contributed by atoms with van der Waals surface area (Å²) in [5.41, 5.74) is 2.54. The Labute approximate surface area is 132 Å². The van der Waals surface area contributed by atoms with Crippen LogP contribution in [0.25, 0.3) is 11.1 Å². The normalized spacial score (nSPS) is 11.6. The van der Waals surface area contributed by atoms with E-state index in [1.165, 1.54) is 12.1 Å². The van der Waals surface area contributed by atoms with E-state index in [1.807, 2.05) is 12.1 Å². The summed E-state index contributed by atoms with van der Waals surface area (Å²) in [6, 6.07) is 11.1. The Balaban J connectivity index is 2.36. The van der Waals surface area contributed by atoms with E-state index in [1.54, 1.807) is 12.1 Å². The van der Waals surface area contributed by atoms with Gasteiger partial charge in [-0.15, -0.1) is 13.2 Å². The second-order valence-electron chi connectivity index (χ2n) is 5.71. The third-order valence-corrected chi connectivity index (χ3v) is 3.29. The van der Waals surface area contributed by atoms with E-state index in [4.69, 9.17) is 0 Å². The van der Waals surface area contributed by atoms with Crippen molar-refractivity contribution in [1.82, 2.24) is 0 Å². The van der Waals surface area contributed by atoms with Gasteiger partial charge < -0.3 is 4.74 Å². The van der Waals surface area contributed by atoms with Crippen molar-refractivity contribution < 1.29 is 22.7 Å². The Kier molecular flexibility index (Phi) is 5.08. The van der Waals surface area contributed by atoms with E-state index < -0.39 is 6.36 Å². The van der Waals surface area contributed by atoms with Gasteiger partial charge in [0.15, 0.2) is 6.29 Å². The first kappa shape index (κ1) is 17.1. The lowest BCUT2D eigenvalue weighted by molar-refractivity contribution is -0.274. The molecule has 0 bridgehead atoms. The molecule has 0 atom stereocenters. The minimum absolute atomic E-state index is 0.316. The van der Waals surface area contributed by atoms with Crippen molar-refractivity contribution >= 4 is 6.29 Å². The first-order chi connectivity index (χ1) is 10.8. The Morgan fingerprint density at radius 3 is 2.26 bits per heavy atom. The van der Waals surface area contributed by atoms with Gasteiger partial charge in [-0.05, 0) is 47.2 Å². The van der Waals surface area contributed by atoms with Gasteiger partial charge in [-0.3, -0.25) is 4.79 Å². The van der Waals surface area contributed by atoms with Gasteiger partial charge in [0, 0.05) is 5.56 Å². The molecular formula is C18H17F3O2. The molecule has 0 aliphatic rings. The third kappa shape index (κ3) is 4.84. The quantitative estimate of drug-likeness (QED) is 0.702. The highest BCUT2D eigenvalue weighted by molar-refractivity contribution is 5.88. The largest absolute Gasteiger partial charge is 0.573 e. The van der Waals surface area contributed by atoms with Crippen LogP contribution in [0.15, 0.2) is 42.5 Å². The molecule has 0 heterocycles. The van der Waals surface area contributed by atoms with Gasteiger partial charge in [0.2, 0.25) is 0 Å². The zero-order chi connectivity index (χ0) is 17.0. The van der Waals surface area contributed by atoms with Gasteiger partial charge in [-0.25, -0.2) is 0 Å². The fraction of sp³-hybridized carbons (Fsp3) is 0.278. The van der Waals surface area contributed by atoms with E-state index in [-0.39, 0.29) is 5.75 Å². The van der Waals surface area contributed by atoms with E-state index in [2.05, 4.69) is 18.6 Å². The minimum Gasteiger partial charge on any atom is -0.406 e. The molecule has 5 heteroatoms. The lowest BCUT2D eigenvalue weighted by atomic mass is 9.96. The summed E-state index contributed by atoms with van der Waals surface area (Å²) in [6.45, 7) is 4.21. The molecule has 0 unspecified atom stereocenters. The molecule has 0 aliphatic carbocycles. The third-order valence-electron chi connectivity index (χ3n) is 3.29. The zero-order valence-corrected chi connectivity index (χ0v) is 12.9.